The van der Waals surface area contributed by atoms with Gasteiger partial charge in [0.15, 0.2) is 6.61 Å². The molecule has 1 N–H and O–H groups in total. The van der Waals surface area contributed by atoms with Gasteiger partial charge in [0.25, 0.3) is 5.91 Å². The van der Waals surface area contributed by atoms with E-state index in [-0.39, 0.29) is 30.3 Å². The number of benzene rings is 1. The average molecular weight is 423 g/mol. The van der Waals surface area contributed by atoms with Gasteiger partial charge in [0.1, 0.15) is 11.8 Å². The second kappa shape index (κ2) is 12.4. The first-order valence-corrected chi connectivity index (χ1v) is 11.4. The Morgan fingerprint density at radius 2 is 1.90 bits per heavy atom. The minimum Gasteiger partial charge on any atom is -0.484 e. The molecule has 7 nitrogen and oxygen atoms in total. The summed E-state index contributed by atoms with van der Waals surface area (Å²) in [6, 6.07) is 8.49. The molecule has 29 heavy (non-hydrogen) atoms. The summed E-state index contributed by atoms with van der Waals surface area (Å²) in [5, 5.41) is 2.81. The van der Waals surface area contributed by atoms with Gasteiger partial charge < -0.3 is 19.7 Å². The van der Waals surface area contributed by atoms with E-state index in [0.29, 0.717) is 44.7 Å². The summed E-state index contributed by atoms with van der Waals surface area (Å²) in [6.45, 7) is 3.00. The second-order valence-electron chi connectivity index (χ2n) is 6.85. The van der Waals surface area contributed by atoms with E-state index >= 15 is 0 Å². The number of piperidine rings is 1. The molecule has 2 rings (SSSR count). The molecule has 1 heterocycles. The monoisotopic (exact) mass is 422 g/mol. The summed E-state index contributed by atoms with van der Waals surface area (Å²) in [6.07, 6.45) is 3.69. The Balaban J connectivity index is 1.87. The van der Waals surface area contributed by atoms with E-state index in [2.05, 4.69) is 5.32 Å². The second-order valence-corrected chi connectivity index (χ2v) is 7.84. The van der Waals surface area contributed by atoms with Crippen molar-refractivity contribution in [2.75, 3.05) is 38.3 Å². The molecule has 1 saturated heterocycles. The number of hydrogen-bond donors (Lipinski definition) is 1. The molecule has 1 atom stereocenters. The fraction of sp³-hybridized carbons (Fsp3) is 0.571. The van der Waals surface area contributed by atoms with Crippen LogP contribution in [-0.2, 0) is 19.1 Å². The zero-order chi connectivity index (χ0) is 21.1. The molecule has 0 radical (unpaired) electrons. The number of carbonyl (C=O) groups is 3. The van der Waals surface area contributed by atoms with Crippen LogP contribution < -0.4 is 10.1 Å². The first-order chi connectivity index (χ1) is 14.0. The standard InChI is InChI=1S/C21H30N2O5S/c1-3-27-21(26)16-9-12-23(13-10-16)20(25)18(11-14-29-2)22-19(24)15-28-17-7-5-4-6-8-17/h4-8,16,18H,3,9-15H2,1-2H3,(H,22,24)/t18-/m1/s1. The summed E-state index contributed by atoms with van der Waals surface area (Å²) in [5.41, 5.74) is 0. The van der Waals surface area contributed by atoms with Crippen LogP contribution in [0.25, 0.3) is 0 Å². The Morgan fingerprint density at radius 3 is 2.52 bits per heavy atom. The van der Waals surface area contributed by atoms with Crippen molar-refractivity contribution in [1.29, 1.82) is 0 Å². The predicted octanol–water partition coefficient (Wildman–Crippen LogP) is 2.11. The van der Waals surface area contributed by atoms with Crippen molar-refractivity contribution in [3.8, 4) is 5.75 Å². The van der Waals surface area contributed by atoms with Crippen molar-refractivity contribution in [3.63, 3.8) is 0 Å². The van der Waals surface area contributed by atoms with Crippen LogP contribution >= 0.6 is 11.8 Å². The number of amides is 2. The third-order valence-electron chi connectivity index (χ3n) is 4.78. The highest BCUT2D eigenvalue weighted by molar-refractivity contribution is 7.98. The van der Waals surface area contributed by atoms with Gasteiger partial charge >= 0.3 is 5.97 Å². The van der Waals surface area contributed by atoms with Crippen LogP contribution in [0.2, 0.25) is 0 Å². The zero-order valence-electron chi connectivity index (χ0n) is 17.1. The highest BCUT2D eigenvalue weighted by Crippen LogP contribution is 2.20. The minimum atomic E-state index is -0.589. The number of thioether (sulfide) groups is 1. The topological polar surface area (TPSA) is 84.9 Å². The molecule has 2 amide bonds. The number of nitrogens with one attached hydrogen (secondary N) is 1. The Labute approximate surface area is 176 Å². The van der Waals surface area contributed by atoms with Crippen molar-refractivity contribution < 1.29 is 23.9 Å². The summed E-state index contributed by atoms with van der Waals surface area (Å²) >= 11 is 1.63. The van der Waals surface area contributed by atoms with Crippen LogP contribution in [0.1, 0.15) is 26.2 Å². The quantitative estimate of drug-likeness (QED) is 0.582. The van der Waals surface area contributed by atoms with Gasteiger partial charge in [-0.05, 0) is 50.3 Å². The van der Waals surface area contributed by atoms with Gasteiger partial charge in [-0.2, -0.15) is 11.8 Å². The van der Waals surface area contributed by atoms with Crippen LogP contribution in [0, 0.1) is 5.92 Å². The lowest BCUT2D eigenvalue weighted by molar-refractivity contribution is -0.151. The molecule has 0 aliphatic carbocycles. The normalized spacial score (nSPS) is 15.4. The molecule has 0 unspecified atom stereocenters. The van der Waals surface area contributed by atoms with Crippen LogP contribution in [0.5, 0.6) is 5.75 Å². The number of para-hydroxylation sites is 1. The molecule has 1 aliphatic heterocycles. The van der Waals surface area contributed by atoms with Gasteiger partial charge in [0, 0.05) is 13.1 Å². The van der Waals surface area contributed by atoms with Crippen molar-refractivity contribution in [2.45, 2.75) is 32.2 Å². The lowest BCUT2D eigenvalue weighted by Crippen LogP contribution is -2.52. The highest BCUT2D eigenvalue weighted by Gasteiger charge is 2.31. The molecule has 1 fully saturated rings. The fourth-order valence-electron chi connectivity index (χ4n) is 3.21. The van der Waals surface area contributed by atoms with Gasteiger partial charge in [0.05, 0.1) is 12.5 Å². The number of carbonyl (C=O) groups excluding carboxylic acids is 3. The lowest BCUT2D eigenvalue weighted by atomic mass is 9.96. The van der Waals surface area contributed by atoms with Gasteiger partial charge in [-0.1, -0.05) is 18.2 Å². The fourth-order valence-corrected chi connectivity index (χ4v) is 3.68. The largest absolute Gasteiger partial charge is 0.484 e. The Hall–Kier alpha value is -2.22. The first-order valence-electron chi connectivity index (χ1n) is 9.96. The van der Waals surface area contributed by atoms with Crippen molar-refractivity contribution in [1.82, 2.24) is 10.2 Å². The van der Waals surface area contributed by atoms with Crippen molar-refractivity contribution in [3.05, 3.63) is 30.3 Å². The molecule has 0 bridgehead atoms. The van der Waals surface area contributed by atoms with Gasteiger partial charge in [-0.25, -0.2) is 0 Å². The summed E-state index contributed by atoms with van der Waals surface area (Å²) in [4.78, 5) is 38.9. The maximum atomic E-state index is 13.0. The Morgan fingerprint density at radius 1 is 1.21 bits per heavy atom. The van der Waals surface area contributed by atoms with E-state index in [1.54, 1.807) is 35.7 Å². The predicted molar refractivity (Wildman–Crippen MR) is 113 cm³/mol. The van der Waals surface area contributed by atoms with Gasteiger partial charge in [-0.15, -0.1) is 0 Å². The number of ether oxygens (including phenoxy) is 2. The average Bonchev–Trinajstić information content (AvgIpc) is 2.75. The number of likely N-dealkylation sites (tertiary alicyclic amines) is 1. The molecule has 1 aromatic carbocycles. The van der Waals surface area contributed by atoms with Crippen LogP contribution in [0.3, 0.4) is 0 Å². The minimum absolute atomic E-state index is 0.102. The molecular formula is C21H30N2O5S. The molecule has 1 aromatic rings. The van der Waals surface area contributed by atoms with E-state index in [1.807, 2.05) is 24.5 Å². The van der Waals surface area contributed by atoms with Gasteiger partial charge in [0.2, 0.25) is 5.91 Å². The molecule has 0 spiro atoms. The smallest absolute Gasteiger partial charge is 0.309 e. The van der Waals surface area contributed by atoms with Crippen LogP contribution in [0.4, 0.5) is 0 Å². The molecule has 0 saturated carbocycles. The highest BCUT2D eigenvalue weighted by atomic mass is 32.2. The number of hydrogen-bond acceptors (Lipinski definition) is 6. The van der Waals surface area contributed by atoms with E-state index < -0.39 is 6.04 Å². The number of nitrogens with zero attached hydrogens (tertiary/aromatic N) is 1. The molecule has 0 aromatic heterocycles. The molecule has 8 heteroatoms. The lowest BCUT2D eigenvalue weighted by Gasteiger charge is -2.33. The number of esters is 1. The van der Waals surface area contributed by atoms with Crippen LogP contribution in [-0.4, -0.2) is 67.0 Å². The van der Waals surface area contributed by atoms with E-state index in [9.17, 15) is 14.4 Å². The molecule has 160 valence electrons. The maximum Gasteiger partial charge on any atom is 0.309 e. The molecular weight excluding hydrogens is 392 g/mol. The Kier molecular flexibility index (Phi) is 9.83. The summed E-state index contributed by atoms with van der Waals surface area (Å²) < 4.78 is 10.5. The zero-order valence-corrected chi connectivity index (χ0v) is 17.9. The maximum absolute atomic E-state index is 13.0. The van der Waals surface area contributed by atoms with Gasteiger partial charge in [-0.3, -0.25) is 14.4 Å². The Bertz CT molecular complexity index is 662. The van der Waals surface area contributed by atoms with Crippen molar-refractivity contribution in [2.24, 2.45) is 5.92 Å². The molecule has 1 aliphatic rings. The third kappa shape index (κ3) is 7.61. The SMILES string of the molecule is CCOC(=O)C1CCN(C(=O)[C@@H](CCSC)NC(=O)COc2ccccc2)CC1. The number of rotatable bonds is 10. The van der Waals surface area contributed by atoms with E-state index in [0.717, 1.165) is 5.75 Å². The van der Waals surface area contributed by atoms with Crippen LogP contribution in [0.15, 0.2) is 30.3 Å². The third-order valence-corrected chi connectivity index (χ3v) is 5.43. The summed E-state index contributed by atoms with van der Waals surface area (Å²) in [5.74, 6) is 0.595. The first kappa shape index (κ1) is 23.1. The summed E-state index contributed by atoms with van der Waals surface area (Å²) in [7, 11) is 0. The van der Waals surface area contributed by atoms with Crippen molar-refractivity contribution >= 4 is 29.5 Å². The van der Waals surface area contributed by atoms with E-state index in [1.165, 1.54) is 0 Å². The van der Waals surface area contributed by atoms with E-state index in [4.69, 9.17) is 9.47 Å².